The molecule has 0 fully saturated rings. The van der Waals surface area contributed by atoms with E-state index in [-0.39, 0.29) is 24.3 Å². The highest BCUT2D eigenvalue weighted by Crippen LogP contribution is 2.16. The second-order valence-electron chi connectivity index (χ2n) is 7.55. The molecular formula is C26H28N2O3. The molecule has 5 heteroatoms. The smallest absolute Gasteiger partial charge is 0.224 e. The van der Waals surface area contributed by atoms with Crippen molar-refractivity contribution in [2.75, 3.05) is 0 Å². The van der Waals surface area contributed by atoms with E-state index in [1.54, 1.807) is 0 Å². The summed E-state index contributed by atoms with van der Waals surface area (Å²) < 4.78 is 5.83. The van der Waals surface area contributed by atoms with Crippen molar-refractivity contribution in [1.82, 2.24) is 5.32 Å². The fourth-order valence-corrected chi connectivity index (χ4v) is 3.35. The monoisotopic (exact) mass is 416 g/mol. The first kappa shape index (κ1) is 22.1. The first-order valence-corrected chi connectivity index (χ1v) is 10.5. The maximum atomic E-state index is 12.5. The summed E-state index contributed by atoms with van der Waals surface area (Å²) in [5, 5.41) is 3.05. The Morgan fingerprint density at radius 3 is 2.03 bits per heavy atom. The SMILES string of the molecule is NC(=O)CC[C@H](Cc1ccc(OCc2ccccc2)cc1)NC(=O)Cc1ccccc1. The van der Waals surface area contributed by atoms with E-state index in [2.05, 4.69) is 5.32 Å². The van der Waals surface area contributed by atoms with Crippen LogP contribution in [0, 0.1) is 0 Å². The van der Waals surface area contributed by atoms with Crippen molar-refractivity contribution < 1.29 is 14.3 Å². The number of ether oxygens (including phenoxy) is 1. The summed E-state index contributed by atoms with van der Waals surface area (Å²) in [5.74, 6) is 0.352. The van der Waals surface area contributed by atoms with Gasteiger partial charge in [0, 0.05) is 12.5 Å². The number of nitrogens with one attached hydrogen (secondary N) is 1. The van der Waals surface area contributed by atoms with Crippen LogP contribution in [0.1, 0.15) is 29.5 Å². The number of benzene rings is 3. The molecule has 3 rings (SSSR count). The van der Waals surface area contributed by atoms with Crippen molar-refractivity contribution in [3.8, 4) is 5.75 Å². The Kier molecular flexibility index (Phi) is 8.23. The lowest BCUT2D eigenvalue weighted by Gasteiger charge is -2.19. The first-order chi connectivity index (χ1) is 15.1. The number of carbonyl (C=O) groups is 2. The average Bonchev–Trinajstić information content (AvgIpc) is 2.78. The molecule has 0 unspecified atom stereocenters. The van der Waals surface area contributed by atoms with Crippen LogP contribution in [0.5, 0.6) is 5.75 Å². The van der Waals surface area contributed by atoms with Gasteiger partial charge in [-0.3, -0.25) is 9.59 Å². The molecule has 0 aliphatic heterocycles. The van der Waals surface area contributed by atoms with Crippen LogP contribution in [0.15, 0.2) is 84.9 Å². The molecule has 0 radical (unpaired) electrons. The molecule has 0 aliphatic carbocycles. The van der Waals surface area contributed by atoms with Gasteiger partial charge in [-0.05, 0) is 41.7 Å². The molecule has 0 bridgehead atoms. The summed E-state index contributed by atoms with van der Waals surface area (Å²) in [4.78, 5) is 23.7. The van der Waals surface area contributed by atoms with Gasteiger partial charge in [-0.2, -0.15) is 0 Å². The summed E-state index contributed by atoms with van der Waals surface area (Å²) >= 11 is 0. The van der Waals surface area contributed by atoms with Gasteiger partial charge in [-0.15, -0.1) is 0 Å². The van der Waals surface area contributed by atoms with E-state index >= 15 is 0 Å². The van der Waals surface area contributed by atoms with Crippen LogP contribution in [-0.2, 0) is 29.0 Å². The van der Waals surface area contributed by atoms with E-state index in [9.17, 15) is 9.59 Å². The number of hydrogen-bond acceptors (Lipinski definition) is 3. The van der Waals surface area contributed by atoms with Crippen molar-refractivity contribution in [3.05, 3.63) is 102 Å². The van der Waals surface area contributed by atoms with Crippen LogP contribution in [0.25, 0.3) is 0 Å². The Labute approximate surface area is 183 Å². The largest absolute Gasteiger partial charge is 0.489 e. The molecule has 0 aromatic heterocycles. The van der Waals surface area contributed by atoms with E-state index in [1.807, 2.05) is 84.9 Å². The van der Waals surface area contributed by atoms with Gasteiger partial charge in [0.05, 0.1) is 6.42 Å². The lowest BCUT2D eigenvalue weighted by atomic mass is 10.0. The van der Waals surface area contributed by atoms with Gasteiger partial charge in [0.25, 0.3) is 0 Å². The Bertz CT molecular complexity index is 957. The number of primary amides is 1. The molecule has 0 heterocycles. The lowest BCUT2D eigenvalue weighted by molar-refractivity contribution is -0.122. The van der Waals surface area contributed by atoms with Gasteiger partial charge in [0.1, 0.15) is 12.4 Å². The normalized spacial score (nSPS) is 11.5. The highest BCUT2D eigenvalue weighted by atomic mass is 16.5. The lowest BCUT2D eigenvalue weighted by Crippen LogP contribution is -2.38. The number of amides is 2. The van der Waals surface area contributed by atoms with E-state index in [0.29, 0.717) is 25.9 Å². The van der Waals surface area contributed by atoms with E-state index in [0.717, 1.165) is 22.4 Å². The minimum atomic E-state index is -0.369. The Hall–Kier alpha value is -3.60. The molecule has 0 aliphatic rings. The fraction of sp³-hybridized carbons (Fsp3) is 0.231. The molecule has 3 aromatic carbocycles. The third-order valence-corrected chi connectivity index (χ3v) is 4.97. The van der Waals surface area contributed by atoms with E-state index in [4.69, 9.17) is 10.5 Å². The van der Waals surface area contributed by atoms with Gasteiger partial charge in [-0.25, -0.2) is 0 Å². The number of nitrogens with two attached hydrogens (primary N) is 1. The highest BCUT2D eigenvalue weighted by molar-refractivity contribution is 5.79. The number of rotatable bonds is 11. The predicted octanol–water partition coefficient (Wildman–Crippen LogP) is 3.80. The standard InChI is InChI=1S/C26H28N2O3/c27-25(29)16-13-23(28-26(30)18-20-7-3-1-4-8-20)17-21-11-14-24(15-12-21)31-19-22-9-5-2-6-10-22/h1-12,14-15,23H,13,16-19H2,(H2,27,29)(H,28,30)/t23-/m1/s1. The third-order valence-electron chi connectivity index (χ3n) is 4.97. The topological polar surface area (TPSA) is 81.4 Å². The molecule has 31 heavy (non-hydrogen) atoms. The second-order valence-corrected chi connectivity index (χ2v) is 7.55. The van der Waals surface area contributed by atoms with Crippen molar-refractivity contribution in [2.45, 2.75) is 38.3 Å². The van der Waals surface area contributed by atoms with Gasteiger partial charge in [0.15, 0.2) is 0 Å². The molecule has 0 saturated carbocycles. The van der Waals surface area contributed by atoms with Crippen molar-refractivity contribution >= 4 is 11.8 Å². The van der Waals surface area contributed by atoms with Crippen LogP contribution in [-0.4, -0.2) is 17.9 Å². The van der Waals surface area contributed by atoms with Crippen molar-refractivity contribution in [1.29, 1.82) is 0 Å². The zero-order chi connectivity index (χ0) is 21.9. The zero-order valence-corrected chi connectivity index (χ0v) is 17.5. The summed E-state index contributed by atoms with van der Waals surface area (Å²) in [6.07, 6.45) is 1.66. The quantitative estimate of drug-likeness (QED) is 0.499. The van der Waals surface area contributed by atoms with E-state index in [1.165, 1.54) is 0 Å². The maximum absolute atomic E-state index is 12.5. The molecule has 3 N–H and O–H groups in total. The number of hydrogen-bond donors (Lipinski definition) is 2. The molecular weight excluding hydrogens is 388 g/mol. The predicted molar refractivity (Wildman–Crippen MR) is 121 cm³/mol. The van der Waals surface area contributed by atoms with Crippen molar-refractivity contribution in [2.24, 2.45) is 5.73 Å². The highest BCUT2D eigenvalue weighted by Gasteiger charge is 2.15. The van der Waals surface area contributed by atoms with Crippen LogP contribution < -0.4 is 15.8 Å². The Balaban J connectivity index is 1.56. The molecule has 3 aromatic rings. The molecule has 5 nitrogen and oxygen atoms in total. The maximum Gasteiger partial charge on any atom is 0.224 e. The minimum Gasteiger partial charge on any atom is -0.489 e. The minimum absolute atomic E-state index is 0.0662. The summed E-state index contributed by atoms with van der Waals surface area (Å²) in [6.45, 7) is 0.511. The van der Waals surface area contributed by atoms with Crippen molar-refractivity contribution in [3.63, 3.8) is 0 Å². The summed E-state index contributed by atoms with van der Waals surface area (Å²) in [5.41, 5.74) is 8.44. The number of carbonyl (C=O) groups excluding carboxylic acids is 2. The van der Waals surface area contributed by atoms with E-state index < -0.39 is 0 Å². The molecule has 0 spiro atoms. The Morgan fingerprint density at radius 2 is 1.42 bits per heavy atom. The molecule has 160 valence electrons. The van der Waals surface area contributed by atoms with Gasteiger partial charge in [0.2, 0.25) is 11.8 Å². The van der Waals surface area contributed by atoms with Crippen LogP contribution in [0.2, 0.25) is 0 Å². The van der Waals surface area contributed by atoms with Gasteiger partial charge < -0.3 is 15.8 Å². The average molecular weight is 417 g/mol. The fourth-order valence-electron chi connectivity index (χ4n) is 3.35. The second kappa shape index (κ2) is 11.6. The summed E-state index contributed by atoms with van der Waals surface area (Å²) in [6, 6.07) is 27.2. The summed E-state index contributed by atoms with van der Waals surface area (Å²) in [7, 11) is 0. The van der Waals surface area contributed by atoms with Crippen LogP contribution in [0.3, 0.4) is 0 Å². The molecule has 2 amide bonds. The third kappa shape index (κ3) is 7.97. The Morgan fingerprint density at radius 1 is 0.806 bits per heavy atom. The van der Waals surface area contributed by atoms with Gasteiger partial charge in [-0.1, -0.05) is 72.8 Å². The van der Waals surface area contributed by atoms with Gasteiger partial charge >= 0.3 is 0 Å². The zero-order valence-electron chi connectivity index (χ0n) is 17.5. The first-order valence-electron chi connectivity index (χ1n) is 10.5. The van der Waals surface area contributed by atoms with Crippen LogP contribution >= 0.6 is 0 Å². The molecule has 0 saturated heterocycles. The van der Waals surface area contributed by atoms with Crippen LogP contribution in [0.4, 0.5) is 0 Å². The molecule has 1 atom stereocenters.